The molecule has 4 heterocycles. The number of anilines is 4. The van der Waals surface area contributed by atoms with E-state index in [1.54, 1.807) is 16.8 Å². The SMILES string of the molecule is O=C1NC(=O)/C(=C/c2cnn3c(NC4CC4)cc(Nc4ccc(N5CCNCC5)cc4Cl)nc23)N1. The molecule has 12 heteroatoms. The Labute approximate surface area is 205 Å². The van der Waals surface area contributed by atoms with Crippen molar-refractivity contribution in [2.45, 2.75) is 18.9 Å². The summed E-state index contributed by atoms with van der Waals surface area (Å²) in [5.74, 6) is 0.868. The quantitative estimate of drug-likeness (QED) is 0.261. The van der Waals surface area contributed by atoms with Gasteiger partial charge in [-0.25, -0.2) is 9.78 Å². The molecule has 0 atom stereocenters. The minimum Gasteiger partial charge on any atom is -0.369 e. The number of rotatable bonds is 6. The molecular weight excluding hydrogens is 470 g/mol. The van der Waals surface area contributed by atoms with Gasteiger partial charge < -0.3 is 26.2 Å². The smallest absolute Gasteiger partial charge is 0.326 e. The lowest BCUT2D eigenvalue weighted by molar-refractivity contribution is -0.115. The van der Waals surface area contributed by atoms with Gasteiger partial charge in [0.05, 0.1) is 16.9 Å². The van der Waals surface area contributed by atoms with Gasteiger partial charge in [-0.2, -0.15) is 9.61 Å². The minimum atomic E-state index is -0.553. The molecule has 2 saturated heterocycles. The average Bonchev–Trinajstić information content (AvgIpc) is 3.49. The molecule has 5 N–H and O–H groups in total. The summed E-state index contributed by atoms with van der Waals surface area (Å²) in [6, 6.07) is 7.70. The summed E-state index contributed by atoms with van der Waals surface area (Å²) < 4.78 is 1.69. The molecule has 0 radical (unpaired) electrons. The lowest BCUT2D eigenvalue weighted by atomic mass is 10.2. The Kier molecular flexibility index (Phi) is 5.42. The third kappa shape index (κ3) is 4.47. The van der Waals surface area contributed by atoms with Crippen molar-refractivity contribution >= 4 is 58.3 Å². The number of carbonyl (C=O) groups is 2. The zero-order valence-corrected chi connectivity index (χ0v) is 19.5. The average molecular weight is 494 g/mol. The van der Waals surface area contributed by atoms with Crippen LogP contribution in [0.5, 0.6) is 0 Å². The van der Waals surface area contributed by atoms with Crippen LogP contribution in [-0.2, 0) is 4.79 Å². The largest absolute Gasteiger partial charge is 0.369 e. The van der Waals surface area contributed by atoms with E-state index in [9.17, 15) is 9.59 Å². The van der Waals surface area contributed by atoms with Crippen LogP contribution in [-0.4, -0.2) is 58.8 Å². The van der Waals surface area contributed by atoms with Gasteiger partial charge in [0, 0.05) is 49.5 Å². The molecule has 3 amide bonds. The van der Waals surface area contributed by atoms with E-state index in [0.717, 1.165) is 56.2 Å². The molecule has 0 spiro atoms. The third-order valence-electron chi connectivity index (χ3n) is 6.15. The molecule has 2 aliphatic heterocycles. The molecule has 3 aromatic rings. The zero-order chi connectivity index (χ0) is 23.9. The van der Waals surface area contributed by atoms with E-state index in [0.29, 0.717) is 28.1 Å². The molecule has 1 aromatic carbocycles. The van der Waals surface area contributed by atoms with Gasteiger partial charge in [0.2, 0.25) is 0 Å². The van der Waals surface area contributed by atoms with Gasteiger partial charge in [-0.3, -0.25) is 10.1 Å². The van der Waals surface area contributed by atoms with E-state index in [4.69, 9.17) is 16.6 Å². The number of imide groups is 1. The van der Waals surface area contributed by atoms with Crippen molar-refractivity contribution in [1.82, 2.24) is 30.5 Å². The molecule has 1 saturated carbocycles. The van der Waals surface area contributed by atoms with Crippen molar-refractivity contribution in [3.63, 3.8) is 0 Å². The molecule has 0 bridgehead atoms. The first kappa shape index (κ1) is 21.7. The second-order valence-corrected chi connectivity index (χ2v) is 9.18. The van der Waals surface area contributed by atoms with Crippen LogP contribution in [0.15, 0.2) is 36.2 Å². The van der Waals surface area contributed by atoms with Gasteiger partial charge in [-0.15, -0.1) is 0 Å². The number of aromatic nitrogens is 3. The summed E-state index contributed by atoms with van der Waals surface area (Å²) in [5, 5.41) is 19.9. The van der Waals surface area contributed by atoms with Crippen molar-refractivity contribution in [3.05, 3.63) is 46.7 Å². The summed E-state index contributed by atoms with van der Waals surface area (Å²) in [6.07, 6.45) is 5.37. The number of halogens is 1. The van der Waals surface area contributed by atoms with Crippen LogP contribution in [0.4, 0.5) is 27.8 Å². The van der Waals surface area contributed by atoms with E-state index in [2.05, 4.69) is 42.6 Å². The highest BCUT2D eigenvalue weighted by Crippen LogP contribution is 2.32. The summed E-state index contributed by atoms with van der Waals surface area (Å²) in [4.78, 5) is 30.5. The maximum absolute atomic E-state index is 12.0. The Morgan fingerprint density at radius 1 is 1.11 bits per heavy atom. The van der Waals surface area contributed by atoms with Crippen molar-refractivity contribution in [1.29, 1.82) is 0 Å². The van der Waals surface area contributed by atoms with Crippen LogP contribution >= 0.6 is 11.6 Å². The fourth-order valence-corrected chi connectivity index (χ4v) is 4.41. The van der Waals surface area contributed by atoms with Crippen LogP contribution < -0.4 is 31.5 Å². The molecule has 0 unspecified atom stereocenters. The summed E-state index contributed by atoms with van der Waals surface area (Å²) >= 11 is 6.64. The second kappa shape index (κ2) is 8.75. The molecule has 180 valence electrons. The standard InChI is InChI=1S/C23H24ClN9O2/c24-16-10-15(32-7-5-25-6-8-32)3-4-17(16)28-19-11-20(27-14-1-2-14)33-21(30-19)13(12-26-33)9-18-22(34)31-23(35)29-18/h3-4,9-12,14,25,27H,1-2,5-8H2,(H,28,30)(H2,29,31,34,35)/b18-9-. The lowest BCUT2D eigenvalue weighted by Gasteiger charge is -2.29. The monoisotopic (exact) mass is 493 g/mol. The first-order valence-corrected chi connectivity index (χ1v) is 11.9. The Hall–Kier alpha value is -3.83. The Balaban J connectivity index is 1.34. The third-order valence-corrected chi connectivity index (χ3v) is 6.46. The molecule has 11 nitrogen and oxygen atoms in total. The Morgan fingerprint density at radius 2 is 1.94 bits per heavy atom. The summed E-state index contributed by atoms with van der Waals surface area (Å²) in [6.45, 7) is 3.78. The highest BCUT2D eigenvalue weighted by Gasteiger charge is 2.25. The van der Waals surface area contributed by atoms with Gasteiger partial charge in [-0.05, 0) is 37.1 Å². The number of piperazine rings is 1. The van der Waals surface area contributed by atoms with Crippen molar-refractivity contribution in [2.24, 2.45) is 0 Å². The Bertz CT molecular complexity index is 1360. The topological polar surface area (TPSA) is 128 Å². The molecule has 2 aromatic heterocycles. The number of amides is 3. The normalized spacial score (nSPS) is 19.2. The van der Waals surface area contributed by atoms with Crippen molar-refractivity contribution in [3.8, 4) is 0 Å². The number of urea groups is 1. The van der Waals surface area contributed by atoms with Gasteiger partial charge in [0.15, 0.2) is 5.65 Å². The summed E-state index contributed by atoms with van der Waals surface area (Å²) in [5.41, 5.74) is 3.10. The highest BCUT2D eigenvalue weighted by atomic mass is 35.5. The van der Waals surface area contributed by atoms with E-state index >= 15 is 0 Å². The first-order chi connectivity index (χ1) is 17.0. The van der Waals surface area contributed by atoms with E-state index in [1.165, 1.54) is 0 Å². The molecule has 3 fully saturated rings. The first-order valence-electron chi connectivity index (χ1n) is 11.5. The molecule has 1 aliphatic carbocycles. The van der Waals surface area contributed by atoms with Crippen LogP contribution in [0.2, 0.25) is 5.02 Å². The summed E-state index contributed by atoms with van der Waals surface area (Å²) in [7, 11) is 0. The number of carbonyl (C=O) groups excluding carboxylic acids is 2. The number of hydrogen-bond donors (Lipinski definition) is 5. The van der Waals surface area contributed by atoms with Crippen LogP contribution in [0.25, 0.3) is 11.7 Å². The van der Waals surface area contributed by atoms with Gasteiger partial charge in [0.1, 0.15) is 17.3 Å². The van der Waals surface area contributed by atoms with Crippen molar-refractivity contribution < 1.29 is 9.59 Å². The second-order valence-electron chi connectivity index (χ2n) is 8.77. The maximum atomic E-state index is 12.0. The molecule has 3 aliphatic rings. The molecule has 6 rings (SSSR count). The van der Waals surface area contributed by atoms with Crippen molar-refractivity contribution in [2.75, 3.05) is 41.7 Å². The number of nitrogens with zero attached hydrogens (tertiary/aromatic N) is 4. The molecule has 35 heavy (non-hydrogen) atoms. The molecular formula is C23H24ClN9O2. The van der Waals surface area contributed by atoms with Gasteiger partial charge in [0.25, 0.3) is 5.91 Å². The highest BCUT2D eigenvalue weighted by molar-refractivity contribution is 6.33. The maximum Gasteiger partial charge on any atom is 0.326 e. The predicted octanol–water partition coefficient (Wildman–Crippen LogP) is 2.29. The van der Waals surface area contributed by atoms with E-state index in [-0.39, 0.29) is 5.70 Å². The number of benzene rings is 1. The number of hydrogen-bond acceptors (Lipinski definition) is 8. The van der Waals surface area contributed by atoms with E-state index < -0.39 is 11.9 Å². The minimum absolute atomic E-state index is 0.147. The number of fused-ring (bicyclic) bond motifs is 1. The van der Waals surface area contributed by atoms with Gasteiger partial charge >= 0.3 is 6.03 Å². The van der Waals surface area contributed by atoms with Crippen LogP contribution in [0.3, 0.4) is 0 Å². The Morgan fingerprint density at radius 3 is 2.66 bits per heavy atom. The van der Waals surface area contributed by atoms with Crippen LogP contribution in [0, 0.1) is 0 Å². The predicted molar refractivity (Wildman–Crippen MR) is 134 cm³/mol. The lowest BCUT2D eigenvalue weighted by Crippen LogP contribution is -2.43. The number of nitrogens with one attached hydrogen (secondary N) is 5. The van der Waals surface area contributed by atoms with E-state index in [1.807, 2.05) is 18.2 Å². The van der Waals surface area contributed by atoms with Gasteiger partial charge in [-0.1, -0.05) is 11.6 Å². The fraction of sp³-hybridized carbons (Fsp3) is 0.304. The fourth-order valence-electron chi connectivity index (χ4n) is 4.19. The van der Waals surface area contributed by atoms with Crippen LogP contribution in [0.1, 0.15) is 18.4 Å². The zero-order valence-electron chi connectivity index (χ0n) is 18.8.